The monoisotopic (exact) mass is 265 g/mol. The number of methoxy groups -OCH3 is 1. The third kappa shape index (κ3) is 2.29. The molecule has 0 bridgehead atoms. The molecule has 5 heteroatoms. The number of aromatic nitrogens is 1. The molecule has 2 atom stereocenters. The molecule has 1 aliphatic rings. The van der Waals surface area contributed by atoms with Crippen molar-refractivity contribution in [2.45, 2.75) is 32.4 Å². The summed E-state index contributed by atoms with van der Waals surface area (Å²) in [4.78, 5) is 4.18. The van der Waals surface area contributed by atoms with E-state index in [-0.39, 0.29) is 17.6 Å². The Balaban J connectivity index is 2.12. The molecule has 0 radical (unpaired) electrons. The van der Waals surface area contributed by atoms with Crippen molar-refractivity contribution in [2.24, 2.45) is 5.41 Å². The molecular weight excluding hydrogens is 250 g/mol. The molecule has 4 nitrogen and oxygen atoms in total. The van der Waals surface area contributed by atoms with Gasteiger partial charge in [-0.1, -0.05) is 25.4 Å². The molecule has 0 spiro atoms. The van der Waals surface area contributed by atoms with Crippen molar-refractivity contribution in [3.63, 3.8) is 0 Å². The number of nitriles is 1. The fraction of sp³-hybridized carbons (Fsp3) is 0.538. The molecule has 0 amide bonds. The van der Waals surface area contributed by atoms with Crippen molar-refractivity contribution < 1.29 is 4.74 Å². The molecule has 2 rings (SSSR count). The summed E-state index contributed by atoms with van der Waals surface area (Å²) in [5, 5.41) is 12.5. The van der Waals surface area contributed by atoms with Crippen molar-refractivity contribution in [1.82, 2.24) is 4.98 Å². The van der Waals surface area contributed by atoms with Gasteiger partial charge in [0.25, 0.3) is 0 Å². The maximum Gasteiger partial charge on any atom is 0.132 e. The lowest BCUT2D eigenvalue weighted by Gasteiger charge is -2.51. The lowest BCUT2D eigenvalue weighted by Crippen LogP contribution is -2.57. The highest BCUT2D eigenvalue weighted by molar-refractivity contribution is 6.29. The van der Waals surface area contributed by atoms with Crippen LogP contribution in [0.25, 0.3) is 0 Å². The Kier molecular flexibility index (Phi) is 3.47. The summed E-state index contributed by atoms with van der Waals surface area (Å²) in [6, 6.07) is 5.61. The number of rotatable bonds is 3. The van der Waals surface area contributed by atoms with E-state index < -0.39 is 0 Å². The molecule has 18 heavy (non-hydrogen) atoms. The van der Waals surface area contributed by atoms with E-state index >= 15 is 0 Å². The second kappa shape index (κ2) is 4.75. The molecular formula is C13H16ClN3O. The predicted octanol–water partition coefficient (Wildman–Crippen LogP) is 2.83. The Labute approximate surface area is 112 Å². The second-order valence-electron chi connectivity index (χ2n) is 5.15. The minimum Gasteiger partial charge on any atom is -0.381 e. The molecule has 1 aromatic rings. The molecule has 1 heterocycles. The molecule has 1 N–H and O–H groups in total. The van der Waals surface area contributed by atoms with Gasteiger partial charge in [-0.25, -0.2) is 4.98 Å². The van der Waals surface area contributed by atoms with Gasteiger partial charge in [-0.05, 0) is 18.6 Å². The number of ether oxygens (including phenoxy) is 1. The highest BCUT2D eigenvalue weighted by Gasteiger charge is 2.48. The zero-order chi connectivity index (χ0) is 13.3. The SMILES string of the molecule is COC1CC(Nc2cc(C#N)cc(Cl)n2)C1(C)C. The van der Waals surface area contributed by atoms with Gasteiger partial charge in [0.1, 0.15) is 11.0 Å². The van der Waals surface area contributed by atoms with E-state index in [0.29, 0.717) is 16.5 Å². The van der Waals surface area contributed by atoms with Crippen LogP contribution in [0.5, 0.6) is 0 Å². The van der Waals surface area contributed by atoms with Crippen LogP contribution in [-0.4, -0.2) is 24.2 Å². The molecule has 96 valence electrons. The van der Waals surface area contributed by atoms with Crippen LogP contribution in [0, 0.1) is 16.7 Å². The number of pyridine rings is 1. The Morgan fingerprint density at radius 2 is 2.28 bits per heavy atom. The van der Waals surface area contributed by atoms with Crippen molar-refractivity contribution >= 4 is 17.4 Å². The third-order valence-electron chi connectivity index (χ3n) is 3.71. The lowest BCUT2D eigenvalue weighted by molar-refractivity contribution is -0.0795. The first kappa shape index (κ1) is 13.1. The third-order valence-corrected chi connectivity index (χ3v) is 3.90. The van der Waals surface area contributed by atoms with Gasteiger partial charge < -0.3 is 10.1 Å². The molecule has 1 aromatic heterocycles. The van der Waals surface area contributed by atoms with E-state index in [9.17, 15) is 0 Å². The van der Waals surface area contributed by atoms with Gasteiger partial charge in [-0.3, -0.25) is 0 Å². The van der Waals surface area contributed by atoms with Gasteiger partial charge >= 0.3 is 0 Å². The predicted molar refractivity (Wildman–Crippen MR) is 70.6 cm³/mol. The topological polar surface area (TPSA) is 57.9 Å². The Morgan fingerprint density at radius 1 is 1.56 bits per heavy atom. The smallest absolute Gasteiger partial charge is 0.132 e. The van der Waals surface area contributed by atoms with Gasteiger partial charge in [0.15, 0.2) is 0 Å². The maximum atomic E-state index is 8.89. The number of halogens is 1. The van der Waals surface area contributed by atoms with E-state index in [2.05, 4.69) is 30.2 Å². The summed E-state index contributed by atoms with van der Waals surface area (Å²) >= 11 is 5.87. The summed E-state index contributed by atoms with van der Waals surface area (Å²) in [7, 11) is 1.73. The Hall–Kier alpha value is -1.31. The van der Waals surface area contributed by atoms with Crippen LogP contribution in [0.2, 0.25) is 5.15 Å². The molecule has 0 saturated heterocycles. The van der Waals surface area contributed by atoms with E-state index in [4.69, 9.17) is 21.6 Å². The molecule has 0 aromatic carbocycles. The quantitative estimate of drug-likeness (QED) is 0.854. The largest absolute Gasteiger partial charge is 0.381 e. The molecule has 1 fully saturated rings. The Morgan fingerprint density at radius 3 is 2.83 bits per heavy atom. The highest BCUT2D eigenvalue weighted by Crippen LogP contribution is 2.43. The van der Waals surface area contributed by atoms with Crippen LogP contribution in [0.4, 0.5) is 5.82 Å². The number of nitrogens with zero attached hydrogens (tertiary/aromatic N) is 2. The van der Waals surface area contributed by atoms with Gasteiger partial charge in [0, 0.05) is 18.6 Å². The van der Waals surface area contributed by atoms with E-state index in [1.54, 1.807) is 19.2 Å². The van der Waals surface area contributed by atoms with Crippen molar-refractivity contribution in [3.05, 3.63) is 22.8 Å². The number of anilines is 1. The summed E-state index contributed by atoms with van der Waals surface area (Å²) in [5.74, 6) is 0.645. The highest BCUT2D eigenvalue weighted by atomic mass is 35.5. The first-order valence-electron chi connectivity index (χ1n) is 5.84. The van der Waals surface area contributed by atoms with E-state index in [1.165, 1.54) is 0 Å². The summed E-state index contributed by atoms with van der Waals surface area (Å²) in [6.45, 7) is 4.30. The van der Waals surface area contributed by atoms with Gasteiger partial charge in [0.05, 0.1) is 17.7 Å². The summed E-state index contributed by atoms with van der Waals surface area (Å²) < 4.78 is 5.40. The lowest BCUT2D eigenvalue weighted by atomic mass is 9.64. The van der Waals surface area contributed by atoms with Crippen molar-refractivity contribution in [3.8, 4) is 6.07 Å². The van der Waals surface area contributed by atoms with Crippen LogP contribution < -0.4 is 5.32 Å². The van der Waals surface area contributed by atoms with Crippen LogP contribution in [0.1, 0.15) is 25.8 Å². The fourth-order valence-electron chi connectivity index (χ4n) is 2.34. The summed E-state index contributed by atoms with van der Waals surface area (Å²) in [6.07, 6.45) is 1.18. The minimum absolute atomic E-state index is 0.0472. The van der Waals surface area contributed by atoms with Crippen molar-refractivity contribution in [2.75, 3.05) is 12.4 Å². The number of nitrogens with one attached hydrogen (secondary N) is 1. The van der Waals surface area contributed by atoms with Gasteiger partial charge in [-0.15, -0.1) is 0 Å². The first-order valence-corrected chi connectivity index (χ1v) is 6.22. The van der Waals surface area contributed by atoms with Crippen molar-refractivity contribution in [1.29, 1.82) is 5.26 Å². The summed E-state index contributed by atoms with van der Waals surface area (Å²) in [5.41, 5.74) is 0.559. The van der Waals surface area contributed by atoms with Crippen LogP contribution in [-0.2, 0) is 4.74 Å². The van der Waals surface area contributed by atoms with Gasteiger partial charge in [-0.2, -0.15) is 5.26 Å². The van der Waals surface area contributed by atoms with Crippen LogP contribution in [0.3, 0.4) is 0 Å². The van der Waals surface area contributed by atoms with Gasteiger partial charge in [0.2, 0.25) is 0 Å². The Bertz CT molecular complexity index is 495. The average Bonchev–Trinajstić information content (AvgIpc) is 2.33. The fourth-order valence-corrected chi connectivity index (χ4v) is 2.55. The molecule has 1 saturated carbocycles. The zero-order valence-corrected chi connectivity index (χ0v) is 11.5. The molecule has 1 aliphatic carbocycles. The standard InChI is InChI=1S/C13H16ClN3O/c1-13(2)9(6-10(13)18-3)16-12-5-8(7-15)4-11(14)17-12/h4-5,9-10H,6H2,1-3H3,(H,16,17). The average molecular weight is 266 g/mol. The number of hydrogen-bond acceptors (Lipinski definition) is 4. The second-order valence-corrected chi connectivity index (χ2v) is 5.54. The van der Waals surface area contributed by atoms with Crippen LogP contribution >= 0.6 is 11.6 Å². The first-order chi connectivity index (χ1) is 8.47. The molecule has 2 unspecified atom stereocenters. The minimum atomic E-state index is 0.0472. The molecule has 0 aliphatic heterocycles. The zero-order valence-electron chi connectivity index (χ0n) is 10.7. The normalized spacial score (nSPS) is 25.1. The number of hydrogen-bond donors (Lipinski definition) is 1. The van der Waals surface area contributed by atoms with E-state index in [0.717, 1.165) is 6.42 Å². The van der Waals surface area contributed by atoms with Crippen LogP contribution in [0.15, 0.2) is 12.1 Å². The maximum absolute atomic E-state index is 8.89. The van der Waals surface area contributed by atoms with E-state index in [1.807, 2.05) is 0 Å².